The number of nitrogens with zero attached hydrogens (tertiary/aromatic N) is 2. The molecule has 2 rings (SSSR count). The minimum Gasteiger partial charge on any atom is -0.354 e. The molecule has 43 valence electrons. The van der Waals surface area contributed by atoms with Crippen molar-refractivity contribution in [1.82, 2.24) is 10.1 Å². The Morgan fingerprint density at radius 1 is 1.56 bits per heavy atom. The van der Waals surface area contributed by atoms with Crippen molar-refractivity contribution in [3.63, 3.8) is 0 Å². The van der Waals surface area contributed by atoms with Crippen LogP contribution in [-0.4, -0.2) is 10.1 Å². The number of rotatable bonds is 0. The van der Waals surface area contributed by atoms with Gasteiger partial charge in [0.1, 0.15) is 6.20 Å². The van der Waals surface area contributed by atoms with Crippen LogP contribution in [-0.2, 0) is 0 Å². The monoisotopic (exact) mass is 119 g/mol. The Hall–Kier alpha value is -1.38. The second kappa shape index (κ2) is 1.55. The molecule has 0 aliphatic heterocycles. The van der Waals surface area contributed by atoms with Crippen LogP contribution < -0.4 is 0 Å². The van der Waals surface area contributed by atoms with E-state index in [1.54, 1.807) is 12.4 Å². The van der Waals surface area contributed by atoms with Crippen molar-refractivity contribution in [2.75, 3.05) is 0 Å². The Labute approximate surface area is 51.3 Å². The molecule has 0 aliphatic rings. The summed E-state index contributed by atoms with van der Waals surface area (Å²) < 4.78 is 4.75. The lowest BCUT2D eigenvalue weighted by atomic mass is 10.4. The highest BCUT2D eigenvalue weighted by Gasteiger charge is 1.93. The molecule has 3 heteroatoms. The van der Waals surface area contributed by atoms with Gasteiger partial charge in [-0.25, -0.2) is 0 Å². The van der Waals surface area contributed by atoms with E-state index < -0.39 is 0 Å². The van der Waals surface area contributed by atoms with E-state index in [2.05, 4.69) is 16.3 Å². The fourth-order valence-corrected chi connectivity index (χ4v) is 0.664. The third-order valence-corrected chi connectivity index (χ3v) is 1.09. The summed E-state index contributed by atoms with van der Waals surface area (Å²) in [6.45, 7) is 0. The van der Waals surface area contributed by atoms with Crippen molar-refractivity contribution < 1.29 is 4.52 Å². The van der Waals surface area contributed by atoms with Crippen LogP contribution in [0.3, 0.4) is 0 Å². The summed E-state index contributed by atoms with van der Waals surface area (Å²) in [5.74, 6) is 0. The Balaban J connectivity index is 2.95. The molecule has 0 spiro atoms. The van der Waals surface area contributed by atoms with Gasteiger partial charge in [0.2, 0.25) is 0 Å². The lowest BCUT2D eigenvalue weighted by Gasteiger charge is -1.77. The van der Waals surface area contributed by atoms with Crippen LogP contribution in [0.2, 0.25) is 0 Å². The van der Waals surface area contributed by atoms with Crippen molar-refractivity contribution >= 4 is 11.0 Å². The number of hydrogen-bond donors (Lipinski definition) is 0. The fourth-order valence-electron chi connectivity index (χ4n) is 0.664. The van der Waals surface area contributed by atoms with Gasteiger partial charge in [-0.3, -0.25) is 4.98 Å². The normalized spacial score (nSPS) is 10.2. The molecular weight excluding hydrogens is 116 g/mol. The quantitative estimate of drug-likeness (QED) is 0.519. The smallest absolute Gasteiger partial charge is 0.194 e. The molecule has 0 atom stereocenters. The molecule has 0 bridgehead atoms. The van der Waals surface area contributed by atoms with Gasteiger partial charge in [-0.05, 0) is 6.07 Å². The van der Waals surface area contributed by atoms with Gasteiger partial charge in [0.25, 0.3) is 0 Å². The number of aromatic nitrogens is 2. The van der Waals surface area contributed by atoms with E-state index in [0.717, 1.165) is 5.39 Å². The highest BCUT2D eigenvalue weighted by atomic mass is 16.5. The van der Waals surface area contributed by atoms with E-state index >= 15 is 0 Å². The molecule has 1 radical (unpaired) electrons. The maximum atomic E-state index is 4.75. The topological polar surface area (TPSA) is 38.9 Å². The van der Waals surface area contributed by atoms with Crippen LogP contribution >= 0.6 is 0 Å². The SMILES string of the molecule is [c]1nccc2cnoc12. The summed E-state index contributed by atoms with van der Waals surface area (Å²) in [6.07, 6.45) is 5.94. The van der Waals surface area contributed by atoms with E-state index in [1.165, 1.54) is 0 Å². The number of pyridine rings is 1. The van der Waals surface area contributed by atoms with E-state index in [-0.39, 0.29) is 0 Å². The molecule has 2 aromatic heterocycles. The van der Waals surface area contributed by atoms with E-state index in [9.17, 15) is 0 Å². The molecular formula is C6H3N2O. The first kappa shape index (κ1) is 4.49. The predicted molar refractivity (Wildman–Crippen MR) is 30.6 cm³/mol. The van der Waals surface area contributed by atoms with Crippen LogP contribution in [0.1, 0.15) is 0 Å². The van der Waals surface area contributed by atoms with Crippen molar-refractivity contribution in [2.45, 2.75) is 0 Å². The maximum Gasteiger partial charge on any atom is 0.194 e. The van der Waals surface area contributed by atoms with Gasteiger partial charge in [0.15, 0.2) is 5.58 Å². The van der Waals surface area contributed by atoms with Crippen LogP contribution in [0.4, 0.5) is 0 Å². The molecule has 0 aliphatic carbocycles. The summed E-state index contributed by atoms with van der Waals surface area (Å²) >= 11 is 0. The van der Waals surface area contributed by atoms with Crippen molar-refractivity contribution in [3.05, 3.63) is 24.7 Å². The minimum absolute atomic E-state index is 0.609. The Kier molecular flexibility index (Phi) is 0.773. The van der Waals surface area contributed by atoms with Gasteiger partial charge >= 0.3 is 0 Å². The lowest BCUT2D eigenvalue weighted by Crippen LogP contribution is -1.66. The molecule has 0 N–H and O–H groups in total. The number of fused-ring (bicyclic) bond motifs is 1. The average Bonchev–Trinajstić information content (AvgIpc) is 2.33. The van der Waals surface area contributed by atoms with E-state index in [0.29, 0.717) is 5.58 Å². The zero-order valence-corrected chi connectivity index (χ0v) is 4.53. The molecule has 0 unspecified atom stereocenters. The van der Waals surface area contributed by atoms with Crippen molar-refractivity contribution in [2.24, 2.45) is 0 Å². The Morgan fingerprint density at radius 3 is 3.44 bits per heavy atom. The summed E-state index contributed by atoms with van der Waals surface area (Å²) in [4.78, 5) is 3.73. The largest absolute Gasteiger partial charge is 0.354 e. The molecule has 0 aromatic carbocycles. The van der Waals surface area contributed by atoms with Gasteiger partial charge in [-0.15, -0.1) is 0 Å². The van der Waals surface area contributed by atoms with Gasteiger partial charge in [-0.1, -0.05) is 5.16 Å². The lowest BCUT2D eigenvalue weighted by molar-refractivity contribution is 0.455. The van der Waals surface area contributed by atoms with Crippen LogP contribution in [0.25, 0.3) is 11.0 Å². The molecule has 2 aromatic rings. The molecule has 3 nitrogen and oxygen atoms in total. The highest BCUT2D eigenvalue weighted by Crippen LogP contribution is 2.07. The van der Waals surface area contributed by atoms with Gasteiger partial charge in [0, 0.05) is 11.6 Å². The van der Waals surface area contributed by atoms with Crippen molar-refractivity contribution in [3.8, 4) is 0 Å². The molecule has 9 heavy (non-hydrogen) atoms. The zero-order chi connectivity index (χ0) is 6.10. The first-order chi connectivity index (χ1) is 4.47. The van der Waals surface area contributed by atoms with E-state index in [4.69, 9.17) is 4.52 Å². The van der Waals surface area contributed by atoms with Gasteiger partial charge < -0.3 is 4.52 Å². The Bertz CT molecular complexity index is 285. The Morgan fingerprint density at radius 2 is 2.56 bits per heavy atom. The van der Waals surface area contributed by atoms with Crippen LogP contribution in [0.15, 0.2) is 23.0 Å². The highest BCUT2D eigenvalue weighted by molar-refractivity contribution is 5.73. The van der Waals surface area contributed by atoms with Gasteiger partial charge in [-0.2, -0.15) is 0 Å². The molecule has 0 saturated heterocycles. The summed E-state index contributed by atoms with van der Waals surface area (Å²) in [5.41, 5.74) is 0.609. The minimum atomic E-state index is 0.609. The number of hydrogen-bond acceptors (Lipinski definition) is 3. The second-order valence-electron chi connectivity index (χ2n) is 1.67. The van der Waals surface area contributed by atoms with Crippen LogP contribution in [0, 0.1) is 6.20 Å². The molecule has 0 amide bonds. The average molecular weight is 119 g/mol. The van der Waals surface area contributed by atoms with E-state index in [1.807, 2.05) is 6.07 Å². The summed E-state index contributed by atoms with van der Waals surface area (Å²) in [7, 11) is 0. The predicted octanol–water partition coefficient (Wildman–Crippen LogP) is 1.02. The third kappa shape index (κ3) is 0.579. The molecule has 0 fully saturated rings. The zero-order valence-electron chi connectivity index (χ0n) is 4.53. The molecule has 0 saturated carbocycles. The summed E-state index contributed by atoms with van der Waals surface area (Å²) in [6, 6.07) is 1.82. The maximum absolute atomic E-state index is 4.75. The van der Waals surface area contributed by atoms with Crippen LogP contribution in [0.5, 0.6) is 0 Å². The second-order valence-corrected chi connectivity index (χ2v) is 1.67. The molecule has 2 heterocycles. The van der Waals surface area contributed by atoms with Gasteiger partial charge in [0.05, 0.1) is 6.20 Å². The third-order valence-electron chi connectivity index (χ3n) is 1.09. The first-order valence-corrected chi connectivity index (χ1v) is 2.54. The van der Waals surface area contributed by atoms with Crippen molar-refractivity contribution in [1.29, 1.82) is 0 Å². The summed E-state index contributed by atoms with van der Waals surface area (Å²) in [5, 5.41) is 4.49. The standard InChI is InChI=1S/C6H3N2O/c1-2-7-4-6-5(1)3-8-9-6/h1-3H. The fraction of sp³-hybridized carbons (Fsp3) is 0. The first-order valence-electron chi connectivity index (χ1n) is 2.54.